The van der Waals surface area contributed by atoms with Crippen molar-refractivity contribution in [2.45, 2.75) is 6.92 Å². The summed E-state index contributed by atoms with van der Waals surface area (Å²) in [6, 6.07) is 28.6. The van der Waals surface area contributed by atoms with Crippen LogP contribution in [0.5, 0.6) is 0 Å². The highest BCUT2D eigenvalue weighted by molar-refractivity contribution is 6.50. The number of hydrogen-bond acceptors (Lipinski definition) is 4. The van der Waals surface area contributed by atoms with Crippen LogP contribution in [0.3, 0.4) is 0 Å². The number of aryl methyl sites for hydroxylation is 1. The molecule has 0 saturated heterocycles. The molecule has 5 heteroatoms. The van der Waals surface area contributed by atoms with E-state index in [9.17, 15) is 9.59 Å². The Morgan fingerprint density at radius 2 is 0.932 bits per heavy atom. The summed E-state index contributed by atoms with van der Waals surface area (Å²) in [6.45, 7) is 2.00. The van der Waals surface area contributed by atoms with Gasteiger partial charge in [0, 0.05) is 24.8 Å². The van der Waals surface area contributed by atoms with Crippen LogP contribution in [0.15, 0.2) is 119 Å². The molecule has 0 aliphatic carbocycles. The lowest BCUT2D eigenvalue weighted by atomic mass is 9.89. The van der Waals surface area contributed by atoms with Gasteiger partial charge in [0.15, 0.2) is 0 Å². The first-order valence-electron chi connectivity index (χ1n) is 14.6. The highest BCUT2D eigenvalue weighted by Crippen LogP contribution is 2.53. The number of rotatable bonds is 3. The normalized spacial score (nSPS) is 12.4. The van der Waals surface area contributed by atoms with Crippen molar-refractivity contribution >= 4 is 64.6 Å². The smallest absolute Gasteiger partial charge is 0.266 e. The molecule has 0 N–H and O–H groups in total. The lowest BCUT2D eigenvalue weighted by Gasteiger charge is -2.12. The third-order valence-corrected chi connectivity index (χ3v) is 9.53. The average Bonchev–Trinajstić information content (AvgIpc) is 3.56. The highest BCUT2D eigenvalue weighted by Gasteiger charge is 2.29. The third-order valence-electron chi connectivity index (χ3n) is 9.53. The molecule has 0 aliphatic rings. The summed E-state index contributed by atoms with van der Waals surface area (Å²) in [5.41, 5.74) is 5.14. The molecule has 0 saturated carbocycles. The summed E-state index contributed by atoms with van der Waals surface area (Å²) in [7, 11) is 0. The summed E-state index contributed by atoms with van der Waals surface area (Å²) in [4.78, 5) is 37.6. The minimum absolute atomic E-state index is 0.288. The second-order valence-electron chi connectivity index (χ2n) is 11.8. The number of nitrogens with zero attached hydrogens (tertiary/aromatic N) is 3. The van der Waals surface area contributed by atoms with Gasteiger partial charge in [-0.05, 0) is 132 Å². The van der Waals surface area contributed by atoms with Gasteiger partial charge in [-0.2, -0.15) is 0 Å². The fourth-order valence-corrected chi connectivity index (χ4v) is 7.66. The Morgan fingerprint density at radius 1 is 0.477 bits per heavy atom. The molecule has 3 heterocycles. The number of fused-ring (bicyclic) bond motifs is 3. The van der Waals surface area contributed by atoms with Crippen LogP contribution in [0.2, 0.25) is 0 Å². The Balaban J connectivity index is 1.53. The maximum Gasteiger partial charge on any atom is 0.266 e. The number of pyridine rings is 2. The predicted molar refractivity (Wildman–Crippen MR) is 179 cm³/mol. The molecule has 5 nitrogen and oxygen atoms in total. The topological polar surface area (TPSA) is 64.8 Å². The maximum absolute atomic E-state index is 14.5. The standard InChI is InChI=1S/C39H21N3O2/c1-20-2-6-24(7-3-20)42-38(43)36-29-18-27(21-10-14-40-15-11-21)25-8-4-23-5-9-26-28(22-12-16-41-17-13-22)19-30(37(36)39(42)44)35-33(26)31(23)32(25)34(29)35/h2-19H,1H3. The quantitative estimate of drug-likeness (QED) is 0.203. The van der Waals surface area contributed by atoms with E-state index in [1.807, 2.05) is 55.5 Å². The first-order valence-corrected chi connectivity index (χ1v) is 14.6. The van der Waals surface area contributed by atoms with E-state index in [2.05, 4.69) is 46.4 Å². The van der Waals surface area contributed by atoms with Gasteiger partial charge in [0.1, 0.15) is 0 Å². The monoisotopic (exact) mass is 563 g/mol. The molecule has 0 unspecified atom stereocenters. The van der Waals surface area contributed by atoms with Crippen LogP contribution < -0.4 is 11.1 Å². The van der Waals surface area contributed by atoms with Gasteiger partial charge < -0.3 is 0 Å². The van der Waals surface area contributed by atoms with Gasteiger partial charge in [0.05, 0.1) is 16.5 Å². The first kappa shape index (κ1) is 23.6. The summed E-state index contributed by atoms with van der Waals surface area (Å²) in [6.07, 6.45) is 7.17. The van der Waals surface area contributed by atoms with E-state index in [4.69, 9.17) is 0 Å². The molecule has 7 aromatic carbocycles. The number of benzene rings is 6. The zero-order valence-corrected chi connectivity index (χ0v) is 23.6. The number of aromatic nitrogens is 3. The molecule has 0 aliphatic heterocycles. The zero-order valence-electron chi connectivity index (χ0n) is 23.6. The summed E-state index contributed by atoms with van der Waals surface area (Å²) in [5, 5.41) is 11.5. The van der Waals surface area contributed by atoms with Crippen LogP contribution in [0.4, 0.5) is 0 Å². The molecule has 0 atom stereocenters. The van der Waals surface area contributed by atoms with Crippen molar-refractivity contribution in [1.82, 2.24) is 14.5 Å². The van der Waals surface area contributed by atoms with Gasteiger partial charge in [-0.1, -0.05) is 42.0 Å². The van der Waals surface area contributed by atoms with E-state index >= 15 is 0 Å². The van der Waals surface area contributed by atoms with Crippen LogP contribution in [-0.4, -0.2) is 14.5 Å². The van der Waals surface area contributed by atoms with Crippen LogP contribution in [-0.2, 0) is 0 Å². The third kappa shape index (κ3) is 2.79. The van der Waals surface area contributed by atoms with E-state index in [0.717, 1.165) is 76.3 Å². The van der Waals surface area contributed by atoms with Crippen molar-refractivity contribution < 1.29 is 0 Å². The van der Waals surface area contributed by atoms with Crippen molar-refractivity contribution in [2.24, 2.45) is 0 Å². The van der Waals surface area contributed by atoms with Crippen molar-refractivity contribution in [1.29, 1.82) is 0 Å². The summed E-state index contributed by atoms with van der Waals surface area (Å²) >= 11 is 0. The van der Waals surface area contributed by atoms with Gasteiger partial charge in [0.2, 0.25) is 0 Å². The largest absolute Gasteiger partial charge is 0.268 e. The zero-order chi connectivity index (χ0) is 29.3. The molecule has 3 aromatic heterocycles. The minimum Gasteiger partial charge on any atom is -0.268 e. The fourth-order valence-electron chi connectivity index (χ4n) is 7.66. The highest BCUT2D eigenvalue weighted by atomic mass is 16.2. The summed E-state index contributed by atoms with van der Waals surface area (Å²) in [5.74, 6) is 0. The van der Waals surface area contributed by atoms with Crippen LogP contribution in [0, 0.1) is 6.92 Å². The van der Waals surface area contributed by atoms with Crippen LogP contribution in [0.25, 0.3) is 92.6 Å². The minimum atomic E-state index is -0.288. The molecule has 0 amide bonds. The molecule has 0 fully saturated rings. The van der Waals surface area contributed by atoms with Gasteiger partial charge in [-0.3, -0.25) is 19.6 Å². The van der Waals surface area contributed by atoms with Crippen molar-refractivity contribution in [2.75, 3.05) is 0 Å². The molecule has 44 heavy (non-hydrogen) atoms. The molecule has 0 radical (unpaired) electrons. The van der Waals surface area contributed by atoms with Gasteiger partial charge in [-0.25, -0.2) is 4.57 Å². The van der Waals surface area contributed by atoms with E-state index < -0.39 is 0 Å². The van der Waals surface area contributed by atoms with Gasteiger partial charge in [-0.15, -0.1) is 0 Å². The second-order valence-corrected chi connectivity index (χ2v) is 11.8. The Bertz CT molecular complexity index is 2670. The van der Waals surface area contributed by atoms with Crippen molar-refractivity contribution in [3.63, 3.8) is 0 Å². The van der Waals surface area contributed by atoms with Crippen LogP contribution in [0.1, 0.15) is 5.56 Å². The maximum atomic E-state index is 14.5. The Labute approximate surface area is 249 Å². The van der Waals surface area contributed by atoms with Gasteiger partial charge >= 0.3 is 0 Å². The molecule has 10 aromatic rings. The van der Waals surface area contributed by atoms with Crippen molar-refractivity contribution in [3.8, 4) is 27.9 Å². The van der Waals surface area contributed by atoms with Crippen molar-refractivity contribution in [3.05, 3.63) is 136 Å². The molecule has 10 rings (SSSR count). The number of hydrogen-bond donors (Lipinski definition) is 0. The van der Waals surface area contributed by atoms with E-state index in [1.54, 1.807) is 24.8 Å². The molecule has 0 bridgehead atoms. The van der Waals surface area contributed by atoms with E-state index in [1.165, 1.54) is 9.95 Å². The molecular formula is C39H21N3O2. The molecule has 204 valence electrons. The predicted octanol–water partition coefficient (Wildman–Crippen LogP) is 8.30. The fraction of sp³-hybridized carbons (Fsp3) is 0.0256. The lowest BCUT2D eigenvalue weighted by molar-refractivity contribution is 0.990. The first-order chi connectivity index (χ1) is 21.6. The average molecular weight is 564 g/mol. The second kappa shape index (κ2) is 8.12. The molecule has 0 spiro atoms. The Hall–Kier alpha value is -5.94. The van der Waals surface area contributed by atoms with Crippen LogP contribution >= 0.6 is 0 Å². The Kier molecular flexibility index (Phi) is 4.35. The van der Waals surface area contributed by atoms with E-state index in [0.29, 0.717) is 16.5 Å². The lowest BCUT2D eigenvalue weighted by Crippen LogP contribution is -2.23. The molecular weight excluding hydrogens is 542 g/mol. The SMILES string of the molecule is Cc1ccc(-n2c(=O)c3c4cc(-c5ccncc5)c5ccc6ccc7c(-c8ccncc8)cc(c3c2=O)c2c7c6c5c42)cc1. The summed E-state index contributed by atoms with van der Waals surface area (Å²) < 4.78 is 1.35. The van der Waals surface area contributed by atoms with E-state index in [-0.39, 0.29) is 11.1 Å². The van der Waals surface area contributed by atoms with Gasteiger partial charge in [0.25, 0.3) is 11.1 Å². The Morgan fingerprint density at radius 3 is 1.41 bits per heavy atom.